The minimum Gasteiger partial charge on any atom is -0.481 e. The average Bonchev–Trinajstić information content (AvgIpc) is 3.64. The number of ether oxygens (including phenoxy) is 1. The van der Waals surface area contributed by atoms with Crippen LogP contribution < -0.4 is 10.1 Å². The molecule has 2 amide bonds. The van der Waals surface area contributed by atoms with Gasteiger partial charge in [0, 0.05) is 19.5 Å². The van der Waals surface area contributed by atoms with Crippen LogP contribution in [0.4, 0.5) is 0 Å². The fourth-order valence-corrected chi connectivity index (χ4v) is 4.56. The number of benzene rings is 2. The topological polar surface area (TPSA) is 58.6 Å². The van der Waals surface area contributed by atoms with Gasteiger partial charge in [-0.25, -0.2) is 0 Å². The Morgan fingerprint density at radius 3 is 2.55 bits per heavy atom. The average molecular weight is 449 g/mol. The number of carbonyl (C=O) groups is 2. The number of nitrogens with one attached hydrogen (secondary N) is 1. The van der Waals surface area contributed by atoms with Gasteiger partial charge in [0.2, 0.25) is 5.91 Å². The monoisotopic (exact) mass is 448 g/mol. The fourth-order valence-electron chi connectivity index (χ4n) is 4.56. The first-order chi connectivity index (χ1) is 16.0. The highest BCUT2D eigenvalue weighted by Gasteiger charge is 2.33. The summed E-state index contributed by atoms with van der Waals surface area (Å²) in [6, 6.07) is 16.2. The zero-order chi connectivity index (χ0) is 23.4. The number of hydrogen-bond acceptors (Lipinski definition) is 3. The summed E-state index contributed by atoms with van der Waals surface area (Å²) in [6.07, 6.45) is 3.86. The maximum atomic E-state index is 13.2. The summed E-state index contributed by atoms with van der Waals surface area (Å²) in [7, 11) is 0. The Hall–Kier alpha value is -2.82. The molecule has 2 aromatic rings. The lowest BCUT2D eigenvalue weighted by Gasteiger charge is -2.38. The van der Waals surface area contributed by atoms with Crippen LogP contribution in [0.25, 0.3) is 0 Å². The number of fused-ring (bicyclic) bond motifs is 1. The third-order valence-electron chi connectivity index (χ3n) is 6.57. The van der Waals surface area contributed by atoms with Crippen molar-refractivity contribution < 1.29 is 14.3 Å². The molecule has 0 aromatic heterocycles. The first-order valence-corrected chi connectivity index (χ1v) is 12.4. The first kappa shape index (κ1) is 23.3. The summed E-state index contributed by atoms with van der Waals surface area (Å²) in [5.74, 6) is 1.76. The Labute approximate surface area is 197 Å². The van der Waals surface area contributed by atoms with Crippen molar-refractivity contribution in [3.8, 4) is 5.75 Å². The van der Waals surface area contributed by atoms with Gasteiger partial charge < -0.3 is 15.0 Å². The van der Waals surface area contributed by atoms with Gasteiger partial charge in [0.05, 0.1) is 6.04 Å². The quantitative estimate of drug-likeness (QED) is 0.594. The Morgan fingerprint density at radius 1 is 1.12 bits per heavy atom. The minimum atomic E-state index is -0.515. The van der Waals surface area contributed by atoms with Crippen LogP contribution in [-0.4, -0.2) is 35.9 Å². The van der Waals surface area contributed by atoms with Crippen molar-refractivity contribution in [1.29, 1.82) is 0 Å². The number of hydrogen-bond donors (Lipinski definition) is 1. The van der Waals surface area contributed by atoms with Gasteiger partial charge in [-0.3, -0.25) is 9.59 Å². The molecule has 1 fully saturated rings. The van der Waals surface area contributed by atoms with Crippen LogP contribution in [0.2, 0.25) is 0 Å². The Balaban J connectivity index is 1.60. The highest BCUT2D eigenvalue weighted by Crippen LogP contribution is 2.38. The fraction of sp³-hybridized carbons (Fsp3) is 0.500. The molecule has 5 nitrogen and oxygen atoms in total. The van der Waals surface area contributed by atoms with Gasteiger partial charge in [-0.1, -0.05) is 57.2 Å². The molecule has 0 unspecified atom stereocenters. The summed E-state index contributed by atoms with van der Waals surface area (Å²) in [5.41, 5.74) is 3.42. The van der Waals surface area contributed by atoms with E-state index in [1.807, 2.05) is 42.2 Å². The molecule has 1 aliphatic heterocycles. The van der Waals surface area contributed by atoms with E-state index in [0.717, 1.165) is 24.1 Å². The molecule has 5 heteroatoms. The van der Waals surface area contributed by atoms with E-state index < -0.39 is 6.10 Å². The molecule has 1 aliphatic carbocycles. The van der Waals surface area contributed by atoms with Gasteiger partial charge in [0.25, 0.3) is 5.91 Å². The summed E-state index contributed by atoms with van der Waals surface area (Å²) in [5, 5.41) is 3.04. The largest absolute Gasteiger partial charge is 0.481 e. The van der Waals surface area contributed by atoms with E-state index in [2.05, 4.69) is 37.4 Å². The number of nitrogens with zero attached hydrogens (tertiary/aromatic N) is 1. The summed E-state index contributed by atoms with van der Waals surface area (Å²) in [4.78, 5) is 27.8. The molecule has 2 atom stereocenters. The standard InChI is InChI=1S/C28H36N2O3/c1-4-25(28(32)29-18-20-10-11-20)33-23-13-12-21-14-15-30(26(31)16-19(2)3)27(24(21)17-23)22-8-6-5-7-9-22/h5-9,12-13,17,19-20,25,27H,4,10-11,14-16,18H2,1-3H3,(H,29,32)/t25-,27+/m0/s1. The second-order valence-corrected chi connectivity index (χ2v) is 9.81. The highest BCUT2D eigenvalue weighted by molar-refractivity contribution is 5.81. The minimum absolute atomic E-state index is 0.0459. The lowest BCUT2D eigenvalue weighted by molar-refractivity contribution is -0.134. The predicted molar refractivity (Wildman–Crippen MR) is 130 cm³/mol. The van der Waals surface area contributed by atoms with Crippen molar-refractivity contribution in [2.24, 2.45) is 11.8 Å². The van der Waals surface area contributed by atoms with E-state index in [4.69, 9.17) is 4.74 Å². The van der Waals surface area contributed by atoms with Gasteiger partial charge >= 0.3 is 0 Å². The van der Waals surface area contributed by atoms with Crippen molar-refractivity contribution in [3.63, 3.8) is 0 Å². The van der Waals surface area contributed by atoms with Gasteiger partial charge in [0.15, 0.2) is 6.10 Å². The van der Waals surface area contributed by atoms with Gasteiger partial charge in [-0.2, -0.15) is 0 Å². The maximum absolute atomic E-state index is 13.2. The molecule has 0 bridgehead atoms. The maximum Gasteiger partial charge on any atom is 0.261 e. The van der Waals surface area contributed by atoms with E-state index in [0.29, 0.717) is 37.0 Å². The molecule has 0 saturated heterocycles. The van der Waals surface area contributed by atoms with E-state index in [-0.39, 0.29) is 17.9 Å². The molecular formula is C28H36N2O3. The van der Waals surface area contributed by atoms with E-state index in [1.54, 1.807) is 0 Å². The zero-order valence-electron chi connectivity index (χ0n) is 20.0. The van der Waals surface area contributed by atoms with Crippen LogP contribution in [0.3, 0.4) is 0 Å². The molecule has 0 radical (unpaired) electrons. The third kappa shape index (κ3) is 5.76. The zero-order valence-corrected chi connectivity index (χ0v) is 20.0. The van der Waals surface area contributed by atoms with Crippen LogP contribution in [0.15, 0.2) is 48.5 Å². The smallest absolute Gasteiger partial charge is 0.261 e. The van der Waals surface area contributed by atoms with E-state index >= 15 is 0 Å². The summed E-state index contributed by atoms with van der Waals surface area (Å²) in [6.45, 7) is 7.58. The molecule has 0 spiro atoms. The predicted octanol–water partition coefficient (Wildman–Crippen LogP) is 4.89. The normalized spacial score (nSPS) is 18.5. The third-order valence-corrected chi connectivity index (χ3v) is 6.57. The lowest BCUT2D eigenvalue weighted by Crippen LogP contribution is -2.41. The first-order valence-electron chi connectivity index (χ1n) is 12.4. The van der Waals surface area contributed by atoms with Crippen molar-refractivity contribution >= 4 is 11.8 Å². The Bertz CT molecular complexity index is 968. The SMILES string of the molecule is CC[C@H](Oc1ccc2c(c1)[C@@H](c1ccccc1)N(C(=O)CC(C)C)CC2)C(=O)NCC1CC1. The van der Waals surface area contributed by atoms with Crippen molar-refractivity contribution in [1.82, 2.24) is 10.2 Å². The molecule has 33 heavy (non-hydrogen) atoms. The molecule has 2 aromatic carbocycles. The van der Waals surface area contributed by atoms with Crippen molar-refractivity contribution in [2.75, 3.05) is 13.1 Å². The van der Waals surface area contributed by atoms with Crippen LogP contribution in [0.1, 0.15) is 69.2 Å². The molecule has 1 N–H and O–H groups in total. The van der Waals surface area contributed by atoms with Crippen LogP contribution >= 0.6 is 0 Å². The van der Waals surface area contributed by atoms with Crippen LogP contribution in [0, 0.1) is 11.8 Å². The molecule has 1 heterocycles. The summed E-state index contributed by atoms with van der Waals surface area (Å²) < 4.78 is 6.17. The Kier molecular flexibility index (Phi) is 7.36. The molecule has 176 valence electrons. The number of carbonyl (C=O) groups excluding carboxylic acids is 2. The summed E-state index contributed by atoms with van der Waals surface area (Å²) >= 11 is 0. The Morgan fingerprint density at radius 2 is 1.88 bits per heavy atom. The van der Waals surface area contributed by atoms with Gasteiger partial charge in [0.1, 0.15) is 5.75 Å². The van der Waals surface area contributed by atoms with Crippen molar-refractivity contribution in [2.45, 2.75) is 65.0 Å². The highest BCUT2D eigenvalue weighted by atomic mass is 16.5. The van der Waals surface area contributed by atoms with Gasteiger partial charge in [-0.05, 0) is 66.3 Å². The molecular weight excluding hydrogens is 412 g/mol. The van der Waals surface area contributed by atoms with Crippen LogP contribution in [-0.2, 0) is 16.0 Å². The van der Waals surface area contributed by atoms with E-state index in [1.165, 1.54) is 18.4 Å². The lowest BCUT2D eigenvalue weighted by atomic mass is 9.87. The molecule has 4 rings (SSSR count). The van der Waals surface area contributed by atoms with Gasteiger partial charge in [-0.15, -0.1) is 0 Å². The molecule has 2 aliphatic rings. The molecule has 1 saturated carbocycles. The van der Waals surface area contributed by atoms with Crippen molar-refractivity contribution in [3.05, 3.63) is 65.2 Å². The second-order valence-electron chi connectivity index (χ2n) is 9.81. The second kappa shape index (κ2) is 10.4. The van der Waals surface area contributed by atoms with Crippen LogP contribution in [0.5, 0.6) is 5.75 Å². The number of amides is 2. The number of rotatable bonds is 9. The van der Waals surface area contributed by atoms with E-state index in [9.17, 15) is 9.59 Å².